The van der Waals surface area contributed by atoms with Gasteiger partial charge in [0.15, 0.2) is 0 Å². The molecule has 0 aliphatic carbocycles. The number of benzene rings is 1. The lowest BCUT2D eigenvalue weighted by atomic mass is 10.2. The molecule has 0 atom stereocenters. The SMILES string of the molecule is CN(CC(=O)N1CCNCC1)C(=O)c1cc(Br)ccc1Cl. The summed E-state index contributed by atoms with van der Waals surface area (Å²) >= 11 is 9.36. The van der Waals surface area contributed by atoms with E-state index in [2.05, 4.69) is 21.2 Å². The average molecular weight is 375 g/mol. The van der Waals surface area contributed by atoms with Crippen molar-refractivity contribution >= 4 is 39.3 Å². The van der Waals surface area contributed by atoms with E-state index in [0.29, 0.717) is 23.7 Å². The highest BCUT2D eigenvalue weighted by molar-refractivity contribution is 9.10. The van der Waals surface area contributed by atoms with E-state index in [0.717, 1.165) is 17.6 Å². The zero-order chi connectivity index (χ0) is 15.4. The molecule has 1 aromatic rings. The van der Waals surface area contributed by atoms with Gasteiger partial charge in [-0.25, -0.2) is 0 Å². The van der Waals surface area contributed by atoms with Crippen molar-refractivity contribution in [3.8, 4) is 0 Å². The molecule has 1 aliphatic heterocycles. The molecule has 0 spiro atoms. The summed E-state index contributed by atoms with van der Waals surface area (Å²) in [5, 5.41) is 3.57. The van der Waals surface area contributed by atoms with Crippen molar-refractivity contribution in [1.82, 2.24) is 15.1 Å². The highest BCUT2D eigenvalue weighted by Crippen LogP contribution is 2.22. The van der Waals surface area contributed by atoms with Crippen LogP contribution in [0.3, 0.4) is 0 Å². The number of hydrogen-bond acceptors (Lipinski definition) is 3. The van der Waals surface area contributed by atoms with Gasteiger partial charge in [0.2, 0.25) is 5.91 Å². The number of nitrogens with zero attached hydrogens (tertiary/aromatic N) is 2. The van der Waals surface area contributed by atoms with Crippen LogP contribution in [0.4, 0.5) is 0 Å². The quantitative estimate of drug-likeness (QED) is 0.874. The van der Waals surface area contributed by atoms with Gasteiger partial charge in [0.25, 0.3) is 5.91 Å². The Balaban J connectivity index is 2.02. The summed E-state index contributed by atoms with van der Waals surface area (Å²) in [6.07, 6.45) is 0. The Labute approximate surface area is 137 Å². The van der Waals surface area contributed by atoms with Gasteiger partial charge < -0.3 is 15.1 Å². The lowest BCUT2D eigenvalue weighted by molar-refractivity contribution is -0.132. The van der Waals surface area contributed by atoms with Crippen molar-refractivity contribution in [2.75, 3.05) is 39.8 Å². The summed E-state index contributed by atoms with van der Waals surface area (Å²) in [7, 11) is 1.61. The van der Waals surface area contributed by atoms with Crippen LogP contribution in [0, 0.1) is 0 Å². The van der Waals surface area contributed by atoms with Gasteiger partial charge in [-0.05, 0) is 18.2 Å². The molecule has 114 valence electrons. The van der Waals surface area contributed by atoms with Crippen molar-refractivity contribution in [2.24, 2.45) is 0 Å². The fraction of sp³-hybridized carbons (Fsp3) is 0.429. The largest absolute Gasteiger partial charge is 0.339 e. The minimum Gasteiger partial charge on any atom is -0.339 e. The minimum atomic E-state index is -0.259. The van der Waals surface area contributed by atoms with Crippen molar-refractivity contribution < 1.29 is 9.59 Å². The minimum absolute atomic E-state index is 0.0431. The normalized spacial score (nSPS) is 14.9. The van der Waals surface area contributed by atoms with Crippen LogP contribution < -0.4 is 5.32 Å². The number of nitrogens with one attached hydrogen (secondary N) is 1. The molecule has 1 saturated heterocycles. The first kappa shape index (κ1) is 16.3. The second kappa shape index (κ2) is 7.24. The van der Waals surface area contributed by atoms with E-state index in [1.165, 1.54) is 4.90 Å². The molecule has 21 heavy (non-hydrogen) atoms. The number of rotatable bonds is 3. The molecular formula is C14H17BrClN3O2. The fourth-order valence-corrected chi connectivity index (χ4v) is 2.72. The van der Waals surface area contributed by atoms with E-state index in [4.69, 9.17) is 11.6 Å². The van der Waals surface area contributed by atoms with Crippen molar-refractivity contribution in [2.45, 2.75) is 0 Å². The molecule has 0 saturated carbocycles. The summed E-state index contributed by atoms with van der Waals surface area (Å²) in [6.45, 7) is 3.00. The summed E-state index contributed by atoms with van der Waals surface area (Å²) in [6, 6.07) is 5.09. The Morgan fingerprint density at radius 2 is 2.05 bits per heavy atom. The first-order chi connectivity index (χ1) is 9.99. The van der Waals surface area contributed by atoms with E-state index in [1.807, 2.05) is 0 Å². The Kier molecular flexibility index (Phi) is 5.61. The van der Waals surface area contributed by atoms with Crippen LogP contribution in [0.25, 0.3) is 0 Å². The van der Waals surface area contributed by atoms with Gasteiger partial charge in [0.05, 0.1) is 17.1 Å². The smallest absolute Gasteiger partial charge is 0.255 e. The van der Waals surface area contributed by atoms with Gasteiger partial charge in [-0.1, -0.05) is 27.5 Å². The van der Waals surface area contributed by atoms with Gasteiger partial charge in [-0.2, -0.15) is 0 Å². The lowest BCUT2D eigenvalue weighted by Crippen LogP contribution is -2.49. The Bertz CT molecular complexity index is 547. The molecule has 0 aromatic heterocycles. The average Bonchev–Trinajstić information content (AvgIpc) is 2.49. The third-order valence-corrected chi connectivity index (χ3v) is 4.17. The fourth-order valence-electron chi connectivity index (χ4n) is 2.16. The molecule has 0 unspecified atom stereocenters. The number of carbonyl (C=O) groups excluding carboxylic acids is 2. The number of amides is 2. The molecule has 2 amide bonds. The topological polar surface area (TPSA) is 52.7 Å². The zero-order valence-corrected chi connectivity index (χ0v) is 14.1. The molecule has 1 N–H and O–H groups in total. The Hall–Kier alpha value is -1.11. The third kappa shape index (κ3) is 4.18. The molecule has 0 bridgehead atoms. The molecule has 5 nitrogen and oxygen atoms in total. The second-order valence-electron chi connectivity index (χ2n) is 4.92. The van der Waals surface area contributed by atoms with Crippen molar-refractivity contribution in [3.05, 3.63) is 33.3 Å². The predicted octanol–water partition coefficient (Wildman–Crippen LogP) is 1.61. The number of piperazine rings is 1. The molecule has 2 rings (SSSR count). The summed E-state index contributed by atoms with van der Waals surface area (Å²) in [5.74, 6) is -0.303. The number of hydrogen-bond donors (Lipinski definition) is 1. The standard InChI is InChI=1S/C14H17BrClN3O2/c1-18(9-13(20)19-6-4-17-5-7-19)14(21)11-8-10(15)2-3-12(11)16/h2-3,8,17H,4-7,9H2,1H3. The first-order valence-electron chi connectivity index (χ1n) is 6.68. The van der Waals surface area contributed by atoms with Gasteiger partial charge in [0.1, 0.15) is 0 Å². The maximum absolute atomic E-state index is 12.4. The van der Waals surface area contributed by atoms with Gasteiger partial charge >= 0.3 is 0 Å². The van der Waals surface area contributed by atoms with Crippen LogP contribution in [-0.4, -0.2) is 61.4 Å². The highest BCUT2D eigenvalue weighted by Gasteiger charge is 2.22. The van der Waals surface area contributed by atoms with Crippen LogP contribution in [0.2, 0.25) is 5.02 Å². The number of likely N-dealkylation sites (N-methyl/N-ethyl adjacent to an activating group) is 1. The molecular weight excluding hydrogens is 358 g/mol. The maximum Gasteiger partial charge on any atom is 0.255 e. The van der Waals surface area contributed by atoms with E-state index in [9.17, 15) is 9.59 Å². The summed E-state index contributed by atoms with van der Waals surface area (Å²) < 4.78 is 0.775. The summed E-state index contributed by atoms with van der Waals surface area (Å²) in [4.78, 5) is 27.7. The highest BCUT2D eigenvalue weighted by atomic mass is 79.9. The zero-order valence-electron chi connectivity index (χ0n) is 11.7. The van der Waals surface area contributed by atoms with Crippen molar-refractivity contribution in [3.63, 3.8) is 0 Å². The van der Waals surface area contributed by atoms with Crippen LogP contribution in [0.15, 0.2) is 22.7 Å². The van der Waals surface area contributed by atoms with E-state index < -0.39 is 0 Å². The van der Waals surface area contributed by atoms with E-state index in [1.54, 1.807) is 30.1 Å². The van der Waals surface area contributed by atoms with Crippen LogP contribution in [0.1, 0.15) is 10.4 Å². The van der Waals surface area contributed by atoms with Crippen LogP contribution in [0.5, 0.6) is 0 Å². The first-order valence-corrected chi connectivity index (χ1v) is 7.85. The lowest BCUT2D eigenvalue weighted by Gasteiger charge is -2.29. The molecule has 1 aromatic carbocycles. The molecule has 1 aliphatic rings. The maximum atomic E-state index is 12.4. The van der Waals surface area contributed by atoms with E-state index >= 15 is 0 Å². The molecule has 1 heterocycles. The molecule has 0 radical (unpaired) electrons. The number of carbonyl (C=O) groups is 2. The second-order valence-corrected chi connectivity index (χ2v) is 6.24. The van der Waals surface area contributed by atoms with Crippen molar-refractivity contribution in [1.29, 1.82) is 0 Å². The van der Waals surface area contributed by atoms with Gasteiger partial charge in [-0.3, -0.25) is 9.59 Å². The monoisotopic (exact) mass is 373 g/mol. The van der Waals surface area contributed by atoms with Crippen LogP contribution >= 0.6 is 27.5 Å². The Morgan fingerprint density at radius 1 is 1.38 bits per heavy atom. The van der Waals surface area contributed by atoms with Gasteiger partial charge in [0, 0.05) is 37.7 Å². The third-order valence-electron chi connectivity index (χ3n) is 3.35. The molecule has 1 fully saturated rings. The summed E-state index contributed by atoms with van der Waals surface area (Å²) in [5.41, 5.74) is 0.390. The Morgan fingerprint density at radius 3 is 2.71 bits per heavy atom. The molecule has 7 heteroatoms. The number of halogens is 2. The van der Waals surface area contributed by atoms with Crippen LogP contribution in [-0.2, 0) is 4.79 Å². The van der Waals surface area contributed by atoms with Gasteiger partial charge in [-0.15, -0.1) is 0 Å². The predicted molar refractivity (Wildman–Crippen MR) is 85.6 cm³/mol. The van der Waals surface area contributed by atoms with E-state index in [-0.39, 0.29) is 18.4 Å².